The van der Waals surface area contributed by atoms with Crippen LogP contribution in [0.2, 0.25) is 0 Å². The molecule has 6 rings (SSSR count). The molecule has 1 atom stereocenters. The van der Waals surface area contributed by atoms with Crippen LogP contribution in [0.5, 0.6) is 5.75 Å². The lowest BCUT2D eigenvalue weighted by atomic mass is 9.85. The molecule has 2 fully saturated rings. The second-order valence-electron chi connectivity index (χ2n) is 13.9. The van der Waals surface area contributed by atoms with Crippen LogP contribution in [0.1, 0.15) is 70.4 Å². The predicted molar refractivity (Wildman–Crippen MR) is 197 cm³/mol. The van der Waals surface area contributed by atoms with Crippen molar-refractivity contribution in [3.8, 4) is 5.75 Å². The van der Waals surface area contributed by atoms with E-state index in [1.165, 1.54) is 49.9 Å². The molecule has 252 valence electrons. The normalized spacial score (nSPS) is 18.6. The number of rotatable bonds is 10. The highest BCUT2D eigenvalue weighted by Gasteiger charge is 2.29. The monoisotopic (exact) mass is 657 g/mol. The van der Waals surface area contributed by atoms with Crippen molar-refractivity contribution >= 4 is 49.6 Å². The number of benzene rings is 2. The minimum atomic E-state index is -2.52. The van der Waals surface area contributed by atoms with Crippen molar-refractivity contribution in [3.63, 3.8) is 0 Å². The molecule has 2 aliphatic rings. The first-order chi connectivity index (χ1) is 22.5. The summed E-state index contributed by atoms with van der Waals surface area (Å²) in [5.74, 6) is 6.46. The zero-order chi connectivity index (χ0) is 33.3. The Morgan fingerprint density at radius 1 is 0.957 bits per heavy atom. The average Bonchev–Trinajstić information content (AvgIpc) is 3.52. The topological polar surface area (TPSA) is 98.4 Å². The highest BCUT2D eigenvalue weighted by molar-refractivity contribution is 8.01. The quantitative estimate of drug-likeness (QED) is 0.153. The number of aryl methyl sites for hydroxylation is 1. The number of para-hydroxylation sites is 1. The first-order valence-corrected chi connectivity index (χ1v) is 18.9. The van der Waals surface area contributed by atoms with Gasteiger partial charge in [0.2, 0.25) is 5.95 Å². The number of nitrogens with one attached hydrogen (secondary N) is 3. The lowest BCUT2D eigenvalue weighted by Gasteiger charge is -2.41. The minimum Gasteiger partial charge on any atom is -0.489 e. The maximum absolute atomic E-state index is 13.6. The fourth-order valence-electron chi connectivity index (χ4n) is 6.99. The summed E-state index contributed by atoms with van der Waals surface area (Å²) < 4.78 is 20.0. The van der Waals surface area contributed by atoms with Crippen LogP contribution < -0.4 is 15.4 Å². The van der Waals surface area contributed by atoms with Gasteiger partial charge in [0, 0.05) is 27.0 Å². The summed E-state index contributed by atoms with van der Waals surface area (Å²) in [4.78, 5) is 18.8. The Morgan fingerprint density at radius 3 is 2.38 bits per heavy atom. The van der Waals surface area contributed by atoms with E-state index < -0.39 is 9.52 Å². The Kier molecular flexibility index (Phi) is 9.82. The number of ether oxygens (including phenoxy) is 1. The van der Waals surface area contributed by atoms with Gasteiger partial charge in [-0.25, -0.2) is 0 Å². The fourth-order valence-corrected chi connectivity index (χ4v) is 8.30. The standard InChI is InChI=1S/C37H51N7O2S/c1-24(2)46-33-23-30(27-13-20-44(21-14-27)28-15-18-43(6)19-16-28)26(5)22-32(33)40-37-41-35-29(12-17-38-35)36(42-37)39-31-10-8-9-11-34(31)47(7,45)25(3)4/h8-12,17,22-25,27-28H,7,13-16,18-21H2,1-6H3,(H3,38,39,40,41,42). The summed E-state index contributed by atoms with van der Waals surface area (Å²) in [6.45, 7) is 14.9. The second-order valence-corrected chi connectivity index (χ2v) is 16.7. The predicted octanol–water partition coefficient (Wildman–Crippen LogP) is 7.30. The SMILES string of the molecule is C=S(=O)(c1ccccc1Nc1nc(Nc2cc(C)c(C3CCN(C4CCN(C)CC4)CC3)cc2OC(C)C)nc2[nH]ccc12)C(C)C. The van der Waals surface area contributed by atoms with Crippen LogP contribution in [-0.4, -0.2) is 85.5 Å². The Morgan fingerprint density at radius 2 is 1.68 bits per heavy atom. The van der Waals surface area contributed by atoms with E-state index in [9.17, 15) is 4.21 Å². The van der Waals surface area contributed by atoms with Crippen molar-refractivity contribution in [1.82, 2.24) is 24.8 Å². The highest BCUT2D eigenvalue weighted by atomic mass is 32.2. The summed E-state index contributed by atoms with van der Waals surface area (Å²) in [6.07, 6.45) is 6.75. The molecule has 2 aliphatic heterocycles. The molecule has 47 heavy (non-hydrogen) atoms. The Bertz CT molecular complexity index is 1800. The first kappa shape index (κ1) is 33.3. The maximum atomic E-state index is 13.6. The number of aromatic amines is 1. The third kappa shape index (κ3) is 7.29. The van der Waals surface area contributed by atoms with E-state index in [2.05, 4.69) is 71.2 Å². The van der Waals surface area contributed by atoms with Gasteiger partial charge in [-0.05, 0) is 133 Å². The lowest BCUT2D eigenvalue weighted by Crippen LogP contribution is -2.46. The molecule has 2 aromatic heterocycles. The molecule has 4 heterocycles. The molecule has 2 saturated heterocycles. The van der Waals surface area contributed by atoms with Gasteiger partial charge in [-0.15, -0.1) is 0 Å². The van der Waals surface area contributed by atoms with Crippen LogP contribution >= 0.6 is 0 Å². The number of anilines is 4. The Balaban J connectivity index is 1.27. The van der Waals surface area contributed by atoms with Crippen molar-refractivity contribution in [1.29, 1.82) is 0 Å². The number of hydrogen-bond donors (Lipinski definition) is 3. The van der Waals surface area contributed by atoms with E-state index in [0.717, 1.165) is 41.6 Å². The molecular weight excluding hydrogens is 607 g/mol. The van der Waals surface area contributed by atoms with E-state index in [1.807, 2.05) is 50.4 Å². The van der Waals surface area contributed by atoms with Crippen LogP contribution in [0.15, 0.2) is 53.6 Å². The van der Waals surface area contributed by atoms with E-state index in [0.29, 0.717) is 28.2 Å². The van der Waals surface area contributed by atoms with Gasteiger partial charge in [0.1, 0.15) is 17.2 Å². The lowest BCUT2D eigenvalue weighted by molar-refractivity contribution is 0.0965. The molecule has 0 saturated carbocycles. The van der Waals surface area contributed by atoms with E-state index in [-0.39, 0.29) is 11.4 Å². The van der Waals surface area contributed by atoms with Gasteiger partial charge in [0.25, 0.3) is 0 Å². The number of H-pyrrole nitrogens is 1. The second kappa shape index (κ2) is 13.9. The highest BCUT2D eigenvalue weighted by Crippen LogP contribution is 2.39. The molecule has 1 unspecified atom stereocenters. The van der Waals surface area contributed by atoms with Crippen LogP contribution in [0.4, 0.5) is 23.1 Å². The number of nitrogens with zero attached hydrogens (tertiary/aromatic N) is 4. The molecule has 4 aromatic rings. The number of fused-ring (bicyclic) bond motifs is 1. The molecule has 3 N–H and O–H groups in total. The van der Waals surface area contributed by atoms with E-state index in [4.69, 9.17) is 14.7 Å². The zero-order valence-corrected chi connectivity index (χ0v) is 29.6. The van der Waals surface area contributed by atoms with Gasteiger partial charge in [-0.3, -0.25) is 4.21 Å². The molecule has 0 radical (unpaired) electrons. The van der Waals surface area contributed by atoms with Gasteiger partial charge in [0.05, 0.1) is 27.8 Å². The number of aromatic nitrogens is 3. The van der Waals surface area contributed by atoms with E-state index >= 15 is 0 Å². The van der Waals surface area contributed by atoms with Crippen molar-refractivity contribution in [2.24, 2.45) is 0 Å². The largest absolute Gasteiger partial charge is 0.489 e. The fraction of sp³-hybridized carbons (Fsp3) is 0.486. The van der Waals surface area contributed by atoms with Crippen molar-refractivity contribution < 1.29 is 8.95 Å². The van der Waals surface area contributed by atoms with Crippen molar-refractivity contribution in [3.05, 3.63) is 59.8 Å². The summed E-state index contributed by atoms with van der Waals surface area (Å²) in [7, 11) is -0.289. The average molecular weight is 658 g/mol. The van der Waals surface area contributed by atoms with Crippen LogP contribution in [-0.2, 0) is 9.52 Å². The van der Waals surface area contributed by atoms with Crippen LogP contribution in [0, 0.1) is 6.92 Å². The summed E-state index contributed by atoms with van der Waals surface area (Å²) in [6, 6.07) is 14.7. The Labute approximate surface area is 280 Å². The number of piperidine rings is 2. The van der Waals surface area contributed by atoms with Crippen LogP contribution in [0.3, 0.4) is 0 Å². The third-order valence-corrected chi connectivity index (χ3v) is 12.5. The third-order valence-electron chi connectivity index (χ3n) is 9.84. The smallest absolute Gasteiger partial charge is 0.231 e. The molecule has 2 aromatic carbocycles. The molecule has 10 heteroatoms. The van der Waals surface area contributed by atoms with Crippen molar-refractivity contribution in [2.45, 2.75) is 88.5 Å². The zero-order valence-electron chi connectivity index (χ0n) is 28.8. The maximum Gasteiger partial charge on any atom is 0.231 e. The van der Waals surface area contributed by atoms with E-state index in [1.54, 1.807) is 0 Å². The summed E-state index contributed by atoms with van der Waals surface area (Å²) in [5, 5.41) is 7.67. The molecule has 0 bridgehead atoms. The molecular formula is C37H51N7O2S. The van der Waals surface area contributed by atoms with Crippen LogP contribution in [0.25, 0.3) is 11.0 Å². The molecule has 0 spiro atoms. The summed E-state index contributed by atoms with van der Waals surface area (Å²) >= 11 is 0. The van der Waals surface area contributed by atoms with Gasteiger partial charge >= 0.3 is 0 Å². The first-order valence-electron chi connectivity index (χ1n) is 17.1. The Hall–Kier alpha value is -3.60. The summed E-state index contributed by atoms with van der Waals surface area (Å²) in [5.41, 5.74) is 4.86. The van der Waals surface area contributed by atoms with Gasteiger partial charge in [0.15, 0.2) is 0 Å². The minimum absolute atomic E-state index is 0.0105. The van der Waals surface area contributed by atoms with Gasteiger partial charge < -0.3 is 30.2 Å². The number of hydrogen-bond acceptors (Lipinski definition) is 8. The molecule has 9 nitrogen and oxygen atoms in total. The molecule has 0 amide bonds. The van der Waals surface area contributed by atoms with Gasteiger partial charge in [-0.2, -0.15) is 9.97 Å². The molecule has 0 aliphatic carbocycles. The van der Waals surface area contributed by atoms with Crippen molar-refractivity contribution in [2.75, 3.05) is 43.9 Å². The van der Waals surface area contributed by atoms with Gasteiger partial charge in [-0.1, -0.05) is 26.0 Å². The number of likely N-dealkylation sites (tertiary alicyclic amines) is 2.